The molecule has 0 radical (unpaired) electrons. The van der Waals surface area contributed by atoms with Crippen LogP contribution in [0, 0.1) is 0 Å². The molecule has 1 aromatic heterocycles. The van der Waals surface area contributed by atoms with Crippen LogP contribution in [0.5, 0.6) is 5.06 Å². The first-order chi connectivity index (χ1) is 6.73. The molecule has 0 fully saturated rings. The Hall–Kier alpha value is -0.230. The molecule has 0 spiro atoms. The van der Waals surface area contributed by atoms with Gasteiger partial charge in [-0.1, -0.05) is 34.8 Å². The van der Waals surface area contributed by atoms with E-state index in [0.29, 0.717) is 4.87 Å². The van der Waals surface area contributed by atoms with Crippen LogP contribution in [-0.2, 0) is 0 Å². The summed E-state index contributed by atoms with van der Waals surface area (Å²) in [4.78, 5) is 11.8. The minimum atomic E-state index is -2.13. The Bertz CT molecular complexity index is 453. The van der Waals surface area contributed by atoms with Crippen molar-refractivity contribution in [2.45, 2.75) is 3.79 Å². The second kappa shape index (κ2) is 4.33. The third-order valence-corrected chi connectivity index (χ3v) is 2.91. The fourth-order valence-electron chi connectivity index (χ4n) is 0.736. The van der Waals surface area contributed by atoms with Crippen molar-refractivity contribution in [2.24, 2.45) is 0 Å². The van der Waals surface area contributed by atoms with Crippen molar-refractivity contribution in [1.29, 1.82) is 0 Å². The van der Waals surface area contributed by atoms with Crippen LogP contribution in [-0.4, -0.2) is 28.8 Å². The number of Topliss-reactive ketones (excluding diaryl/α,β-unsaturated/α-hetero) is 1. The van der Waals surface area contributed by atoms with Gasteiger partial charge in [0.15, 0.2) is 0 Å². The van der Waals surface area contributed by atoms with Gasteiger partial charge >= 0.3 is 4.87 Å². The van der Waals surface area contributed by atoms with Gasteiger partial charge in [0.2, 0.25) is 10.8 Å². The number of hydrogen-bond donors (Lipinski definition) is 1. The summed E-state index contributed by atoms with van der Waals surface area (Å²) in [5.41, 5.74) is 0. The molecule has 84 valence electrons. The van der Waals surface area contributed by atoms with E-state index in [9.17, 15) is 9.90 Å². The molecule has 0 unspecified atom stereocenters. The minimum absolute atomic E-state index is 0.310. The van der Waals surface area contributed by atoms with Crippen LogP contribution < -0.4 is 9.44 Å². The lowest BCUT2D eigenvalue weighted by Gasteiger charge is -2.05. The second-order valence-corrected chi connectivity index (χ2v) is 6.05. The average molecular weight is 292 g/mol. The van der Waals surface area contributed by atoms with Gasteiger partial charge in [0.1, 0.15) is 14.1 Å². The van der Waals surface area contributed by atoms with Crippen LogP contribution in [0.1, 0.15) is 10.6 Å². The topological polar surface area (TPSA) is 53.5 Å². The maximum Gasteiger partial charge on any atom is 0.433 e. The predicted octanol–water partition coefficient (Wildman–Crippen LogP) is 1.63. The highest BCUT2D eigenvalue weighted by molar-refractivity contribution is 7.11. The van der Waals surface area contributed by atoms with Gasteiger partial charge in [0.05, 0.1) is 0 Å². The highest BCUT2D eigenvalue weighted by Crippen LogP contribution is 2.34. The van der Waals surface area contributed by atoms with Gasteiger partial charge in [0, 0.05) is 11.3 Å². The van der Waals surface area contributed by atoms with Crippen molar-refractivity contribution in [3.8, 4) is 5.06 Å². The first-order valence-corrected chi connectivity index (χ1v) is 5.63. The third kappa shape index (κ3) is 2.87. The maximum absolute atomic E-state index is 11.5. The first kappa shape index (κ1) is 12.8. The standard InChI is InChI=1S/C7H6Cl3NO3S/c1-11(2)6-14-3(5(13)15-6)4(12)7(8,9)10/h1-2H3/p+1. The van der Waals surface area contributed by atoms with Crippen LogP contribution in [0.25, 0.3) is 0 Å². The van der Waals surface area contributed by atoms with Gasteiger partial charge in [-0.3, -0.25) is 4.79 Å². The number of nitrogens with zero attached hydrogens (tertiary/aromatic N) is 1. The summed E-state index contributed by atoms with van der Waals surface area (Å²) in [5.74, 6) is -1.24. The highest BCUT2D eigenvalue weighted by atomic mass is 35.6. The van der Waals surface area contributed by atoms with E-state index in [1.54, 1.807) is 18.7 Å². The molecule has 0 saturated heterocycles. The number of ketones is 1. The molecule has 1 heterocycles. The molecule has 0 aliphatic rings. The molecule has 0 bridgehead atoms. The van der Waals surface area contributed by atoms with Crippen molar-refractivity contribution in [3.05, 3.63) is 10.6 Å². The van der Waals surface area contributed by atoms with Gasteiger partial charge < -0.3 is 9.52 Å². The predicted molar refractivity (Wildman–Crippen MR) is 60.0 cm³/mol. The molecule has 1 aromatic rings. The van der Waals surface area contributed by atoms with Gasteiger partial charge in [0.25, 0.3) is 9.58 Å². The fraction of sp³-hybridized carbons (Fsp3) is 0.429. The van der Waals surface area contributed by atoms with Gasteiger partial charge in [-0.05, 0) is 0 Å². The van der Waals surface area contributed by atoms with Crippen molar-refractivity contribution in [2.75, 3.05) is 14.1 Å². The Morgan fingerprint density at radius 3 is 2.33 bits per heavy atom. The summed E-state index contributed by atoms with van der Waals surface area (Å²) in [7, 11) is 3.39. The second-order valence-electron chi connectivity index (χ2n) is 2.83. The van der Waals surface area contributed by atoms with E-state index < -0.39 is 9.58 Å². The molecule has 0 aromatic carbocycles. The summed E-state index contributed by atoms with van der Waals surface area (Å²) >= 11 is 17.0. The quantitative estimate of drug-likeness (QED) is 0.486. The van der Waals surface area contributed by atoms with Crippen LogP contribution in [0.4, 0.5) is 0 Å². The van der Waals surface area contributed by atoms with Crippen molar-refractivity contribution >= 4 is 51.9 Å². The number of carbonyl (C=O) groups excluding carboxylic acids is 1. The summed E-state index contributed by atoms with van der Waals surface area (Å²) in [5, 5.41) is 9.11. The minimum Gasteiger partial charge on any atom is -0.497 e. The van der Waals surface area contributed by atoms with Crippen LogP contribution in [0.3, 0.4) is 0 Å². The summed E-state index contributed by atoms with van der Waals surface area (Å²) in [6, 6.07) is 0. The zero-order valence-electron chi connectivity index (χ0n) is 7.75. The van der Waals surface area contributed by atoms with E-state index in [-0.39, 0.29) is 10.8 Å². The normalized spacial score (nSPS) is 11.5. The van der Waals surface area contributed by atoms with E-state index in [4.69, 9.17) is 39.2 Å². The molecule has 0 amide bonds. The largest absolute Gasteiger partial charge is 0.497 e. The number of carbonyl (C=O) groups is 1. The van der Waals surface area contributed by atoms with E-state index in [2.05, 4.69) is 0 Å². The summed E-state index contributed by atoms with van der Waals surface area (Å²) in [6.07, 6.45) is 0. The van der Waals surface area contributed by atoms with Crippen LogP contribution >= 0.6 is 46.1 Å². The van der Waals surface area contributed by atoms with Crippen molar-refractivity contribution in [1.82, 2.24) is 4.58 Å². The molecule has 0 saturated carbocycles. The summed E-state index contributed by atoms with van der Waals surface area (Å²) in [6.45, 7) is 0. The first-order valence-electron chi connectivity index (χ1n) is 3.68. The Balaban J connectivity index is 3.30. The Morgan fingerprint density at radius 2 is 2.00 bits per heavy atom. The molecular weight excluding hydrogens is 285 g/mol. The molecule has 1 N–H and O–H groups in total. The van der Waals surface area contributed by atoms with Gasteiger partial charge in [-0.2, -0.15) is 4.58 Å². The van der Waals surface area contributed by atoms with Gasteiger partial charge in [-0.15, -0.1) is 0 Å². The van der Waals surface area contributed by atoms with Crippen molar-refractivity contribution in [3.63, 3.8) is 0 Å². The zero-order chi connectivity index (χ0) is 11.8. The van der Waals surface area contributed by atoms with E-state index >= 15 is 0 Å². The molecular formula is C7H7Cl3NO3S+. The Morgan fingerprint density at radius 1 is 1.47 bits per heavy atom. The zero-order valence-corrected chi connectivity index (χ0v) is 10.8. The molecule has 4 nitrogen and oxygen atoms in total. The smallest absolute Gasteiger partial charge is 0.433 e. The van der Waals surface area contributed by atoms with E-state index in [1.807, 2.05) is 0 Å². The van der Waals surface area contributed by atoms with Crippen LogP contribution in [0.2, 0.25) is 0 Å². The molecule has 15 heavy (non-hydrogen) atoms. The van der Waals surface area contributed by atoms with E-state index in [1.165, 1.54) is 0 Å². The monoisotopic (exact) mass is 290 g/mol. The Labute approximate surface area is 104 Å². The number of hydrogen-bond acceptors (Lipinski definition) is 4. The van der Waals surface area contributed by atoms with Crippen molar-refractivity contribution < 1.29 is 14.3 Å². The molecule has 1 rings (SSSR count). The lowest BCUT2D eigenvalue weighted by atomic mass is 10.3. The number of halogens is 3. The van der Waals surface area contributed by atoms with Gasteiger partial charge in [-0.25, -0.2) is 0 Å². The number of rotatable bonds is 1. The number of alkyl halides is 3. The van der Waals surface area contributed by atoms with E-state index in [0.717, 1.165) is 11.3 Å². The fourth-order valence-corrected chi connectivity index (χ4v) is 1.69. The third-order valence-electron chi connectivity index (χ3n) is 1.40. The average Bonchev–Trinajstić information content (AvgIpc) is 2.44. The SMILES string of the molecule is C[N+](C)=c1oc(C(=O)C(Cl)(Cl)Cl)c(O)s1. The molecule has 8 heteroatoms. The van der Waals surface area contributed by atoms with Crippen LogP contribution in [0.15, 0.2) is 4.42 Å². The summed E-state index contributed by atoms with van der Waals surface area (Å²) < 4.78 is 4.51. The lowest BCUT2D eigenvalue weighted by Crippen LogP contribution is -2.20. The molecule has 0 atom stereocenters. The Kier molecular flexibility index (Phi) is 3.71. The maximum atomic E-state index is 11.5. The number of aromatic hydroxyl groups is 1. The highest BCUT2D eigenvalue weighted by Gasteiger charge is 2.37. The molecule has 0 aliphatic carbocycles. The lowest BCUT2D eigenvalue weighted by molar-refractivity contribution is 0.0963. The molecule has 0 aliphatic heterocycles.